The average molecular weight is 255 g/mol. The van der Waals surface area contributed by atoms with E-state index in [0.29, 0.717) is 10.9 Å². The van der Waals surface area contributed by atoms with Crippen molar-refractivity contribution in [1.82, 2.24) is 4.57 Å². The van der Waals surface area contributed by atoms with Crippen LogP contribution >= 0.6 is 0 Å². The molecule has 0 aliphatic carbocycles. The molecule has 0 radical (unpaired) electrons. The van der Waals surface area contributed by atoms with Gasteiger partial charge >= 0.3 is 6.18 Å². The van der Waals surface area contributed by atoms with Gasteiger partial charge in [-0.1, -0.05) is 12.1 Å². The van der Waals surface area contributed by atoms with Crippen molar-refractivity contribution < 1.29 is 18.0 Å². The highest BCUT2D eigenvalue weighted by atomic mass is 19.4. The van der Waals surface area contributed by atoms with E-state index < -0.39 is 11.7 Å². The fourth-order valence-corrected chi connectivity index (χ4v) is 2.19. The first-order valence-corrected chi connectivity index (χ1v) is 5.44. The summed E-state index contributed by atoms with van der Waals surface area (Å²) < 4.78 is 40.1. The van der Waals surface area contributed by atoms with Crippen molar-refractivity contribution in [1.29, 1.82) is 0 Å². The molecule has 2 aromatic rings. The number of carbonyl (C=O) groups is 1. The Kier molecular flexibility index (Phi) is 2.92. The van der Waals surface area contributed by atoms with E-state index in [-0.39, 0.29) is 17.7 Å². The van der Waals surface area contributed by atoms with Crippen molar-refractivity contribution in [3.05, 3.63) is 35.5 Å². The van der Waals surface area contributed by atoms with Gasteiger partial charge in [0.05, 0.1) is 11.1 Å². The van der Waals surface area contributed by atoms with Crippen molar-refractivity contribution in [2.24, 2.45) is 7.05 Å². The van der Waals surface area contributed by atoms with E-state index in [1.54, 1.807) is 19.3 Å². The van der Waals surface area contributed by atoms with E-state index in [9.17, 15) is 18.0 Å². The number of fused-ring (bicyclic) bond motifs is 1. The van der Waals surface area contributed by atoms with Gasteiger partial charge in [-0.3, -0.25) is 4.79 Å². The number of alkyl halides is 3. The third-order valence-electron chi connectivity index (χ3n) is 2.83. The van der Waals surface area contributed by atoms with Gasteiger partial charge in [0.2, 0.25) is 0 Å². The van der Waals surface area contributed by atoms with Gasteiger partial charge < -0.3 is 4.57 Å². The van der Waals surface area contributed by atoms with Crippen LogP contribution in [0, 0.1) is 0 Å². The number of benzene rings is 1. The number of aromatic nitrogens is 1. The lowest BCUT2D eigenvalue weighted by molar-refractivity contribution is -0.136. The van der Waals surface area contributed by atoms with Gasteiger partial charge in [0, 0.05) is 25.1 Å². The molecule has 0 spiro atoms. The molecule has 0 fully saturated rings. The fourth-order valence-electron chi connectivity index (χ4n) is 2.19. The Morgan fingerprint density at radius 1 is 1.33 bits per heavy atom. The van der Waals surface area contributed by atoms with E-state index in [0.717, 1.165) is 6.07 Å². The Morgan fingerprint density at radius 3 is 2.56 bits per heavy atom. The Bertz CT molecular complexity index is 610. The molecule has 5 heteroatoms. The lowest BCUT2D eigenvalue weighted by Crippen LogP contribution is -2.07. The molecule has 2 nitrogen and oxygen atoms in total. The summed E-state index contributed by atoms with van der Waals surface area (Å²) in [7, 11) is 1.56. The van der Waals surface area contributed by atoms with Crippen LogP contribution in [0.2, 0.25) is 0 Å². The van der Waals surface area contributed by atoms with Gasteiger partial charge in [-0.2, -0.15) is 13.2 Å². The molecular formula is C13H12F3NO. The van der Waals surface area contributed by atoms with E-state index in [2.05, 4.69) is 0 Å². The third-order valence-corrected chi connectivity index (χ3v) is 2.83. The minimum atomic E-state index is -4.39. The summed E-state index contributed by atoms with van der Waals surface area (Å²) in [5.41, 5.74) is 0.0876. The highest BCUT2D eigenvalue weighted by Gasteiger charge is 2.33. The second-order valence-corrected chi connectivity index (χ2v) is 4.34. The molecule has 0 saturated heterocycles. The Balaban J connectivity index is 2.72. The standard InChI is InChI=1S/C13H12F3NO/c1-8(18)6-9-7-17(2)12-10(9)4-3-5-11(12)13(14,15)16/h3-5,7H,6H2,1-2H3. The zero-order valence-electron chi connectivity index (χ0n) is 10.0. The van der Waals surface area contributed by atoms with Crippen LogP contribution in [0.1, 0.15) is 18.1 Å². The van der Waals surface area contributed by atoms with Gasteiger partial charge in [-0.15, -0.1) is 0 Å². The highest BCUT2D eigenvalue weighted by molar-refractivity contribution is 5.91. The van der Waals surface area contributed by atoms with E-state index in [1.807, 2.05) is 0 Å². The largest absolute Gasteiger partial charge is 0.418 e. The van der Waals surface area contributed by atoms with Crippen LogP contribution in [0.4, 0.5) is 13.2 Å². The maximum Gasteiger partial charge on any atom is 0.418 e. The number of aryl methyl sites for hydroxylation is 1. The number of hydrogen-bond acceptors (Lipinski definition) is 1. The van der Waals surface area contributed by atoms with E-state index in [1.165, 1.54) is 17.6 Å². The second kappa shape index (κ2) is 4.15. The molecule has 1 aromatic heterocycles. The summed E-state index contributed by atoms with van der Waals surface area (Å²) in [6.07, 6.45) is -2.65. The molecule has 1 heterocycles. The highest BCUT2D eigenvalue weighted by Crippen LogP contribution is 2.36. The molecule has 0 unspecified atom stereocenters. The van der Waals surface area contributed by atoms with Gasteiger partial charge in [0.1, 0.15) is 5.78 Å². The van der Waals surface area contributed by atoms with Crippen LogP contribution in [-0.2, 0) is 24.4 Å². The van der Waals surface area contributed by atoms with Crippen molar-refractivity contribution in [3.8, 4) is 0 Å². The van der Waals surface area contributed by atoms with Crippen molar-refractivity contribution in [2.75, 3.05) is 0 Å². The molecule has 0 amide bonds. The number of Topliss-reactive ketones (excluding diaryl/α,β-unsaturated/α-hetero) is 1. The molecule has 0 saturated carbocycles. The molecule has 0 aliphatic rings. The third kappa shape index (κ3) is 2.12. The van der Waals surface area contributed by atoms with Gasteiger partial charge in [-0.05, 0) is 18.6 Å². The SMILES string of the molecule is CC(=O)Cc1cn(C)c2c(C(F)(F)F)cccc12. The molecule has 18 heavy (non-hydrogen) atoms. The lowest BCUT2D eigenvalue weighted by atomic mass is 10.1. The van der Waals surface area contributed by atoms with Crippen molar-refractivity contribution in [2.45, 2.75) is 19.5 Å². The minimum absolute atomic E-state index is 0.0695. The fraction of sp³-hybridized carbons (Fsp3) is 0.308. The topological polar surface area (TPSA) is 22.0 Å². The predicted molar refractivity (Wildman–Crippen MR) is 62.3 cm³/mol. The zero-order chi connectivity index (χ0) is 13.5. The molecule has 0 bridgehead atoms. The van der Waals surface area contributed by atoms with E-state index in [4.69, 9.17) is 0 Å². The summed E-state index contributed by atoms with van der Waals surface area (Å²) in [4.78, 5) is 11.1. The first kappa shape index (κ1) is 12.7. The number of nitrogens with zero attached hydrogens (tertiary/aromatic N) is 1. The molecule has 0 aliphatic heterocycles. The van der Waals surface area contributed by atoms with Crippen molar-refractivity contribution >= 4 is 16.7 Å². The van der Waals surface area contributed by atoms with Crippen LogP contribution in [0.15, 0.2) is 24.4 Å². The molecule has 0 atom stereocenters. The van der Waals surface area contributed by atoms with Crippen LogP contribution < -0.4 is 0 Å². The first-order chi connectivity index (χ1) is 8.30. The van der Waals surface area contributed by atoms with Gasteiger partial charge in [0.15, 0.2) is 0 Å². The quantitative estimate of drug-likeness (QED) is 0.806. The molecule has 0 N–H and O–H groups in total. The van der Waals surface area contributed by atoms with Crippen LogP contribution in [-0.4, -0.2) is 10.4 Å². The predicted octanol–water partition coefficient (Wildman–Crippen LogP) is 3.33. The number of hydrogen-bond donors (Lipinski definition) is 0. The number of rotatable bonds is 2. The Labute approximate surface area is 102 Å². The minimum Gasteiger partial charge on any atom is -0.350 e. The second-order valence-electron chi connectivity index (χ2n) is 4.34. The normalized spacial score (nSPS) is 12.1. The van der Waals surface area contributed by atoms with Crippen LogP contribution in [0.25, 0.3) is 10.9 Å². The lowest BCUT2D eigenvalue weighted by Gasteiger charge is -2.09. The molecular weight excluding hydrogens is 243 g/mol. The molecule has 1 aromatic carbocycles. The van der Waals surface area contributed by atoms with Crippen molar-refractivity contribution in [3.63, 3.8) is 0 Å². The van der Waals surface area contributed by atoms with Gasteiger partial charge in [-0.25, -0.2) is 0 Å². The summed E-state index contributed by atoms with van der Waals surface area (Å²) in [6.45, 7) is 1.42. The zero-order valence-corrected chi connectivity index (χ0v) is 10.0. The summed E-state index contributed by atoms with van der Waals surface area (Å²) in [5, 5.41) is 0.488. The van der Waals surface area contributed by atoms with Crippen LogP contribution in [0.3, 0.4) is 0 Å². The van der Waals surface area contributed by atoms with E-state index >= 15 is 0 Å². The van der Waals surface area contributed by atoms with Gasteiger partial charge in [0.25, 0.3) is 0 Å². The monoisotopic (exact) mass is 255 g/mol. The molecule has 96 valence electrons. The Morgan fingerprint density at radius 2 is 2.00 bits per heavy atom. The van der Waals surface area contributed by atoms with Crippen LogP contribution in [0.5, 0.6) is 0 Å². The Hall–Kier alpha value is -1.78. The summed E-state index contributed by atoms with van der Waals surface area (Å²) >= 11 is 0. The average Bonchev–Trinajstić information content (AvgIpc) is 2.54. The number of carbonyl (C=O) groups excluding carboxylic acids is 1. The maximum absolute atomic E-state index is 12.9. The molecule has 2 rings (SSSR count). The number of ketones is 1. The summed E-state index contributed by atoms with van der Waals surface area (Å²) in [6, 6.07) is 4.04. The number of para-hydroxylation sites is 1. The number of halogens is 3. The smallest absolute Gasteiger partial charge is 0.350 e. The summed E-state index contributed by atoms with van der Waals surface area (Å²) in [5.74, 6) is -0.0695. The maximum atomic E-state index is 12.9. The first-order valence-electron chi connectivity index (χ1n) is 5.44.